The molecule has 0 radical (unpaired) electrons. The van der Waals surface area contributed by atoms with Crippen molar-refractivity contribution in [1.82, 2.24) is 14.9 Å². The van der Waals surface area contributed by atoms with Gasteiger partial charge >= 0.3 is 0 Å². The summed E-state index contributed by atoms with van der Waals surface area (Å²) < 4.78 is 7.47. The highest BCUT2D eigenvalue weighted by molar-refractivity contribution is 5.99. The first kappa shape index (κ1) is 16.3. The first-order valence-corrected chi connectivity index (χ1v) is 8.64. The third-order valence-corrected chi connectivity index (χ3v) is 4.75. The standard InChI is InChI=1S/C21H21N3O2/c1-24-13-14(15-6-3-4-8-19(15)24)10-11-22-21(25)18-12-16-17(23-18)7-5-9-20(16)26-2/h3-9,12-13,23H,10-11H2,1-2H3,(H,22,25). The van der Waals surface area contributed by atoms with E-state index in [0.717, 1.165) is 23.1 Å². The van der Waals surface area contributed by atoms with E-state index in [9.17, 15) is 4.79 Å². The van der Waals surface area contributed by atoms with E-state index in [2.05, 4.69) is 33.2 Å². The molecule has 2 aromatic carbocycles. The van der Waals surface area contributed by atoms with Crippen LogP contribution in [0.5, 0.6) is 5.75 Å². The van der Waals surface area contributed by atoms with Crippen molar-refractivity contribution in [3.8, 4) is 5.75 Å². The molecule has 2 N–H and O–H groups in total. The third-order valence-electron chi connectivity index (χ3n) is 4.75. The number of amides is 1. The Balaban J connectivity index is 1.47. The molecule has 0 bridgehead atoms. The van der Waals surface area contributed by atoms with Crippen LogP contribution in [0.1, 0.15) is 16.1 Å². The number of nitrogens with one attached hydrogen (secondary N) is 2. The summed E-state index contributed by atoms with van der Waals surface area (Å²) >= 11 is 0. The number of carbonyl (C=O) groups is 1. The SMILES string of the molecule is COc1cccc2[nH]c(C(=O)NCCc3cn(C)c4ccccc34)cc12. The summed E-state index contributed by atoms with van der Waals surface area (Å²) in [5, 5.41) is 5.15. The van der Waals surface area contributed by atoms with Crippen molar-refractivity contribution in [3.05, 3.63) is 66.0 Å². The van der Waals surface area contributed by atoms with E-state index in [1.807, 2.05) is 43.4 Å². The largest absolute Gasteiger partial charge is 0.496 e. The number of aromatic nitrogens is 2. The number of fused-ring (bicyclic) bond motifs is 2. The zero-order valence-corrected chi connectivity index (χ0v) is 14.9. The van der Waals surface area contributed by atoms with Gasteiger partial charge in [-0.3, -0.25) is 4.79 Å². The fourth-order valence-corrected chi connectivity index (χ4v) is 3.46. The van der Waals surface area contributed by atoms with E-state index in [-0.39, 0.29) is 5.91 Å². The van der Waals surface area contributed by atoms with Crippen molar-refractivity contribution in [2.75, 3.05) is 13.7 Å². The number of para-hydroxylation sites is 1. The first-order chi connectivity index (χ1) is 12.7. The Morgan fingerprint density at radius 1 is 1.15 bits per heavy atom. The lowest BCUT2D eigenvalue weighted by Gasteiger charge is -2.03. The molecule has 0 saturated carbocycles. The average Bonchev–Trinajstić information content (AvgIpc) is 3.23. The second-order valence-electron chi connectivity index (χ2n) is 6.39. The number of H-pyrrole nitrogens is 1. The fraction of sp³-hybridized carbons (Fsp3) is 0.190. The normalized spacial score (nSPS) is 11.2. The summed E-state index contributed by atoms with van der Waals surface area (Å²) in [5.41, 5.74) is 3.88. The molecule has 0 aliphatic heterocycles. The average molecular weight is 347 g/mol. The summed E-state index contributed by atoms with van der Waals surface area (Å²) in [6, 6.07) is 15.9. The quantitative estimate of drug-likeness (QED) is 0.579. The lowest BCUT2D eigenvalue weighted by Crippen LogP contribution is -2.25. The second-order valence-corrected chi connectivity index (χ2v) is 6.39. The van der Waals surface area contributed by atoms with Crippen molar-refractivity contribution in [3.63, 3.8) is 0 Å². The molecule has 0 atom stereocenters. The van der Waals surface area contributed by atoms with Crippen molar-refractivity contribution in [1.29, 1.82) is 0 Å². The number of benzene rings is 2. The number of aromatic amines is 1. The maximum absolute atomic E-state index is 12.5. The molecule has 5 nitrogen and oxygen atoms in total. The van der Waals surface area contributed by atoms with Gasteiger partial charge < -0.3 is 19.6 Å². The van der Waals surface area contributed by atoms with Gasteiger partial charge in [0.15, 0.2) is 0 Å². The zero-order chi connectivity index (χ0) is 18.1. The molecule has 0 aliphatic carbocycles. The molecule has 4 rings (SSSR count). The molecular weight excluding hydrogens is 326 g/mol. The molecule has 2 aromatic heterocycles. The van der Waals surface area contributed by atoms with Crippen LogP contribution in [0.2, 0.25) is 0 Å². The molecule has 26 heavy (non-hydrogen) atoms. The van der Waals surface area contributed by atoms with Gasteiger partial charge in [0.25, 0.3) is 5.91 Å². The van der Waals surface area contributed by atoms with Crippen LogP contribution < -0.4 is 10.1 Å². The molecule has 0 fully saturated rings. The lowest BCUT2D eigenvalue weighted by molar-refractivity contribution is 0.0950. The Labute approximate surface area is 151 Å². The van der Waals surface area contributed by atoms with Crippen molar-refractivity contribution in [2.24, 2.45) is 7.05 Å². The highest BCUT2D eigenvalue weighted by Crippen LogP contribution is 2.26. The molecular formula is C21H21N3O2. The lowest BCUT2D eigenvalue weighted by atomic mass is 10.1. The van der Waals surface area contributed by atoms with Gasteiger partial charge in [-0.1, -0.05) is 24.3 Å². The highest BCUT2D eigenvalue weighted by Gasteiger charge is 2.12. The number of hydrogen-bond acceptors (Lipinski definition) is 2. The summed E-state index contributed by atoms with van der Waals surface area (Å²) in [6.07, 6.45) is 2.92. The minimum Gasteiger partial charge on any atom is -0.496 e. The Kier molecular flexibility index (Phi) is 4.13. The Bertz CT molecular complexity index is 1090. The number of nitrogens with zero attached hydrogens (tertiary/aromatic N) is 1. The van der Waals surface area contributed by atoms with Gasteiger partial charge in [-0.25, -0.2) is 0 Å². The Morgan fingerprint density at radius 3 is 2.85 bits per heavy atom. The number of aryl methyl sites for hydroxylation is 1. The van der Waals surface area contributed by atoms with Crippen molar-refractivity contribution in [2.45, 2.75) is 6.42 Å². The molecule has 0 spiro atoms. The Morgan fingerprint density at radius 2 is 2.00 bits per heavy atom. The van der Waals surface area contributed by atoms with Gasteiger partial charge in [0.05, 0.1) is 7.11 Å². The first-order valence-electron chi connectivity index (χ1n) is 8.64. The van der Waals surface area contributed by atoms with Crippen LogP contribution in [0.25, 0.3) is 21.8 Å². The van der Waals surface area contributed by atoms with Gasteiger partial charge in [0.1, 0.15) is 11.4 Å². The molecule has 0 aliphatic rings. The van der Waals surface area contributed by atoms with Gasteiger partial charge in [-0.05, 0) is 36.2 Å². The van der Waals surface area contributed by atoms with Gasteiger partial charge in [-0.15, -0.1) is 0 Å². The van der Waals surface area contributed by atoms with Crippen molar-refractivity contribution >= 4 is 27.7 Å². The summed E-state index contributed by atoms with van der Waals surface area (Å²) in [4.78, 5) is 15.6. The van der Waals surface area contributed by atoms with Crippen LogP contribution in [-0.2, 0) is 13.5 Å². The number of ether oxygens (including phenoxy) is 1. The summed E-state index contributed by atoms with van der Waals surface area (Å²) in [6.45, 7) is 0.583. The topological polar surface area (TPSA) is 59.1 Å². The number of carbonyl (C=O) groups excluding carboxylic acids is 1. The van der Waals surface area contributed by atoms with Gasteiger partial charge in [0.2, 0.25) is 0 Å². The Hall–Kier alpha value is -3.21. The predicted octanol–water partition coefficient (Wildman–Crippen LogP) is 3.64. The molecule has 0 saturated heterocycles. The second kappa shape index (κ2) is 6.59. The minimum atomic E-state index is -0.108. The molecule has 132 valence electrons. The van der Waals surface area contributed by atoms with Gasteiger partial charge in [-0.2, -0.15) is 0 Å². The van der Waals surface area contributed by atoms with E-state index < -0.39 is 0 Å². The maximum Gasteiger partial charge on any atom is 0.267 e. The zero-order valence-electron chi connectivity index (χ0n) is 14.9. The molecule has 5 heteroatoms. The number of hydrogen-bond donors (Lipinski definition) is 2. The molecule has 1 amide bonds. The maximum atomic E-state index is 12.5. The monoisotopic (exact) mass is 347 g/mol. The van der Waals surface area contributed by atoms with E-state index in [4.69, 9.17) is 4.74 Å². The fourth-order valence-electron chi connectivity index (χ4n) is 3.46. The smallest absolute Gasteiger partial charge is 0.267 e. The van der Waals surface area contributed by atoms with Crippen LogP contribution in [0.4, 0.5) is 0 Å². The van der Waals surface area contributed by atoms with Crippen LogP contribution in [0.3, 0.4) is 0 Å². The van der Waals surface area contributed by atoms with E-state index in [1.54, 1.807) is 7.11 Å². The van der Waals surface area contributed by atoms with Crippen LogP contribution in [0, 0.1) is 0 Å². The highest BCUT2D eigenvalue weighted by atomic mass is 16.5. The number of rotatable bonds is 5. The summed E-state index contributed by atoms with van der Waals surface area (Å²) in [5.74, 6) is 0.650. The van der Waals surface area contributed by atoms with Gasteiger partial charge in [0, 0.05) is 41.6 Å². The predicted molar refractivity (Wildman–Crippen MR) is 104 cm³/mol. The minimum absolute atomic E-state index is 0.108. The van der Waals surface area contributed by atoms with E-state index >= 15 is 0 Å². The molecule has 4 aromatic rings. The van der Waals surface area contributed by atoms with E-state index in [1.165, 1.54) is 16.5 Å². The van der Waals surface area contributed by atoms with Crippen LogP contribution in [-0.4, -0.2) is 29.1 Å². The van der Waals surface area contributed by atoms with E-state index in [0.29, 0.717) is 12.2 Å². The molecule has 0 unspecified atom stereocenters. The van der Waals surface area contributed by atoms with Crippen LogP contribution in [0.15, 0.2) is 54.7 Å². The molecule has 2 heterocycles. The third kappa shape index (κ3) is 2.81. The van der Waals surface area contributed by atoms with Crippen molar-refractivity contribution < 1.29 is 9.53 Å². The number of methoxy groups -OCH3 is 1. The summed E-state index contributed by atoms with van der Waals surface area (Å²) in [7, 11) is 3.67. The van der Waals surface area contributed by atoms with Crippen LogP contribution >= 0.6 is 0 Å².